The standard InChI is InChI=1S/C29H32ClN5O2/c1-34(23-12-16-35(17-13-23)24-10-14-31-15-11-24)28(36)21-6-8-25-20(18-21)7-9-27(25)33-29(37)32-19-22-4-2-3-5-26(22)30/h2-6,8,10-11,14-15,18,23,27H,7,9,12-13,16-17,19H2,1H3,(H2,32,33,37). The quantitative estimate of drug-likeness (QED) is 0.484. The molecule has 8 heteroatoms. The molecule has 3 amide bonds. The maximum Gasteiger partial charge on any atom is 0.315 e. The Bertz CT molecular complexity index is 1260. The number of aryl methyl sites for hydroxylation is 1. The third kappa shape index (κ3) is 5.72. The van der Waals surface area contributed by atoms with Gasteiger partial charge in [0.05, 0.1) is 6.04 Å². The van der Waals surface area contributed by atoms with E-state index in [-0.39, 0.29) is 24.0 Å². The number of hydrogen-bond donors (Lipinski definition) is 2. The molecule has 1 unspecified atom stereocenters. The number of nitrogens with zero attached hydrogens (tertiary/aromatic N) is 3. The van der Waals surface area contributed by atoms with Crippen molar-refractivity contribution in [2.45, 2.75) is 44.3 Å². The molecule has 2 heterocycles. The topological polar surface area (TPSA) is 77.6 Å². The average Bonchev–Trinajstić information content (AvgIpc) is 3.34. The van der Waals surface area contributed by atoms with Crippen LogP contribution in [0.25, 0.3) is 0 Å². The van der Waals surface area contributed by atoms with Gasteiger partial charge in [-0.2, -0.15) is 0 Å². The van der Waals surface area contributed by atoms with Crippen molar-refractivity contribution in [2.75, 3.05) is 25.0 Å². The van der Waals surface area contributed by atoms with E-state index in [1.165, 1.54) is 5.69 Å². The number of fused-ring (bicyclic) bond motifs is 1. The number of urea groups is 1. The van der Waals surface area contributed by atoms with Gasteiger partial charge >= 0.3 is 6.03 Å². The molecule has 2 aromatic carbocycles. The number of anilines is 1. The number of halogens is 1. The first-order chi connectivity index (χ1) is 18.0. The molecule has 3 aromatic rings. The van der Waals surface area contributed by atoms with Gasteiger partial charge in [-0.25, -0.2) is 4.79 Å². The summed E-state index contributed by atoms with van der Waals surface area (Å²) in [6.07, 6.45) is 7.15. The minimum atomic E-state index is -0.226. The lowest BCUT2D eigenvalue weighted by Gasteiger charge is -2.37. The zero-order valence-corrected chi connectivity index (χ0v) is 21.7. The zero-order chi connectivity index (χ0) is 25.8. The van der Waals surface area contributed by atoms with E-state index in [9.17, 15) is 9.59 Å². The van der Waals surface area contributed by atoms with Crippen LogP contribution < -0.4 is 15.5 Å². The second-order valence-electron chi connectivity index (χ2n) is 9.76. The van der Waals surface area contributed by atoms with E-state index >= 15 is 0 Å². The van der Waals surface area contributed by atoms with Crippen LogP contribution in [0.1, 0.15) is 52.4 Å². The summed E-state index contributed by atoms with van der Waals surface area (Å²) in [5.74, 6) is 0.0547. The number of carbonyl (C=O) groups excluding carboxylic acids is 2. The van der Waals surface area contributed by atoms with E-state index in [0.717, 1.165) is 55.5 Å². The first-order valence-corrected chi connectivity index (χ1v) is 13.2. The van der Waals surface area contributed by atoms with Crippen LogP contribution in [-0.2, 0) is 13.0 Å². The smallest absolute Gasteiger partial charge is 0.315 e. The summed E-state index contributed by atoms with van der Waals surface area (Å²) in [5.41, 5.74) is 4.98. The highest BCUT2D eigenvalue weighted by molar-refractivity contribution is 6.31. The van der Waals surface area contributed by atoms with Crippen LogP contribution in [0.15, 0.2) is 67.0 Å². The number of benzene rings is 2. The number of carbonyl (C=O) groups is 2. The van der Waals surface area contributed by atoms with Crippen molar-refractivity contribution in [1.82, 2.24) is 20.5 Å². The molecule has 1 aliphatic heterocycles. The van der Waals surface area contributed by atoms with Crippen LogP contribution in [-0.4, -0.2) is 48.0 Å². The van der Waals surface area contributed by atoms with E-state index in [0.29, 0.717) is 17.1 Å². The van der Waals surface area contributed by atoms with Gasteiger partial charge in [0.2, 0.25) is 0 Å². The molecule has 1 saturated heterocycles. The van der Waals surface area contributed by atoms with Crippen LogP contribution in [0.3, 0.4) is 0 Å². The highest BCUT2D eigenvalue weighted by Gasteiger charge is 2.29. The van der Waals surface area contributed by atoms with Crippen molar-refractivity contribution in [3.05, 3.63) is 94.3 Å². The Kier molecular flexibility index (Phi) is 7.60. The molecule has 192 valence electrons. The molecule has 2 aliphatic rings. The van der Waals surface area contributed by atoms with Gasteiger partial charge in [0, 0.05) is 61.4 Å². The first kappa shape index (κ1) is 25.1. The summed E-state index contributed by atoms with van der Waals surface area (Å²) in [6.45, 7) is 2.21. The fourth-order valence-electron chi connectivity index (χ4n) is 5.36. The molecular formula is C29H32ClN5O2. The van der Waals surface area contributed by atoms with Crippen molar-refractivity contribution in [3.8, 4) is 0 Å². The van der Waals surface area contributed by atoms with Crippen molar-refractivity contribution >= 4 is 29.2 Å². The fourth-order valence-corrected chi connectivity index (χ4v) is 5.57. The van der Waals surface area contributed by atoms with E-state index in [4.69, 9.17) is 11.6 Å². The minimum Gasteiger partial charge on any atom is -0.371 e. The summed E-state index contributed by atoms with van der Waals surface area (Å²) in [7, 11) is 1.91. The van der Waals surface area contributed by atoms with Gasteiger partial charge in [0.1, 0.15) is 0 Å². The highest BCUT2D eigenvalue weighted by atomic mass is 35.5. The maximum absolute atomic E-state index is 13.3. The number of piperidine rings is 1. The number of nitrogens with one attached hydrogen (secondary N) is 2. The Morgan fingerprint density at radius 3 is 2.57 bits per heavy atom. The Labute approximate surface area is 222 Å². The van der Waals surface area contributed by atoms with Crippen molar-refractivity contribution in [3.63, 3.8) is 0 Å². The van der Waals surface area contributed by atoms with Crippen molar-refractivity contribution in [1.29, 1.82) is 0 Å². The number of amides is 3. The lowest BCUT2D eigenvalue weighted by molar-refractivity contribution is 0.0709. The van der Waals surface area contributed by atoms with E-state index in [1.807, 2.05) is 78.9 Å². The summed E-state index contributed by atoms with van der Waals surface area (Å²) in [4.78, 5) is 34.2. The summed E-state index contributed by atoms with van der Waals surface area (Å²) in [6, 6.07) is 17.4. The molecule has 5 rings (SSSR count). The molecular weight excluding hydrogens is 486 g/mol. The molecule has 1 fully saturated rings. The normalized spacial score (nSPS) is 17.2. The molecule has 0 saturated carbocycles. The van der Waals surface area contributed by atoms with Gasteiger partial charge in [-0.3, -0.25) is 9.78 Å². The van der Waals surface area contributed by atoms with Gasteiger partial charge in [-0.1, -0.05) is 35.9 Å². The summed E-state index contributed by atoms with van der Waals surface area (Å²) >= 11 is 6.18. The van der Waals surface area contributed by atoms with Crippen molar-refractivity contribution in [2.24, 2.45) is 0 Å². The van der Waals surface area contributed by atoms with E-state index < -0.39 is 0 Å². The zero-order valence-electron chi connectivity index (χ0n) is 21.0. The van der Waals surface area contributed by atoms with Crippen LogP contribution in [0.4, 0.5) is 10.5 Å². The van der Waals surface area contributed by atoms with Crippen LogP contribution in [0, 0.1) is 0 Å². The lowest BCUT2D eigenvalue weighted by Crippen LogP contribution is -2.45. The largest absolute Gasteiger partial charge is 0.371 e. The molecule has 0 bridgehead atoms. The van der Waals surface area contributed by atoms with Gasteiger partial charge in [0.15, 0.2) is 0 Å². The number of pyridine rings is 1. The molecule has 7 nitrogen and oxygen atoms in total. The molecule has 0 spiro atoms. The molecule has 37 heavy (non-hydrogen) atoms. The van der Waals surface area contributed by atoms with Crippen LogP contribution >= 0.6 is 11.6 Å². The predicted octanol–water partition coefficient (Wildman–Crippen LogP) is 4.96. The summed E-state index contributed by atoms with van der Waals surface area (Å²) in [5, 5.41) is 6.59. The van der Waals surface area contributed by atoms with Gasteiger partial charge < -0.3 is 20.4 Å². The minimum absolute atomic E-state index is 0.0547. The highest BCUT2D eigenvalue weighted by Crippen LogP contribution is 2.32. The summed E-state index contributed by atoms with van der Waals surface area (Å²) < 4.78 is 0. The van der Waals surface area contributed by atoms with Gasteiger partial charge in [0.25, 0.3) is 5.91 Å². The number of rotatable bonds is 6. The number of aromatic nitrogens is 1. The van der Waals surface area contributed by atoms with Gasteiger partial charge in [-0.05, 0) is 72.7 Å². The first-order valence-electron chi connectivity index (χ1n) is 12.8. The Morgan fingerprint density at radius 1 is 1.05 bits per heavy atom. The predicted molar refractivity (Wildman–Crippen MR) is 146 cm³/mol. The van der Waals surface area contributed by atoms with Crippen LogP contribution in [0.5, 0.6) is 0 Å². The number of hydrogen-bond acceptors (Lipinski definition) is 4. The second kappa shape index (κ2) is 11.2. The lowest BCUT2D eigenvalue weighted by atomic mass is 10.0. The average molecular weight is 518 g/mol. The van der Waals surface area contributed by atoms with Crippen LogP contribution in [0.2, 0.25) is 5.02 Å². The van der Waals surface area contributed by atoms with Gasteiger partial charge in [-0.15, -0.1) is 0 Å². The third-order valence-corrected chi connectivity index (χ3v) is 7.90. The molecule has 1 aromatic heterocycles. The fraction of sp³-hybridized carbons (Fsp3) is 0.345. The Morgan fingerprint density at radius 2 is 1.81 bits per heavy atom. The monoisotopic (exact) mass is 517 g/mol. The maximum atomic E-state index is 13.3. The molecule has 1 aliphatic carbocycles. The molecule has 1 atom stereocenters. The van der Waals surface area contributed by atoms with Crippen molar-refractivity contribution < 1.29 is 9.59 Å². The third-order valence-electron chi connectivity index (χ3n) is 7.53. The SMILES string of the molecule is CN(C(=O)c1ccc2c(c1)CCC2NC(=O)NCc1ccccc1Cl)C1CCN(c2ccncc2)CC1. The molecule has 2 N–H and O–H groups in total. The second-order valence-corrected chi connectivity index (χ2v) is 10.2. The Hall–Kier alpha value is -3.58. The van der Waals surface area contributed by atoms with E-state index in [2.05, 4.69) is 20.5 Å². The Balaban J connectivity index is 1.16. The molecule has 0 radical (unpaired) electrons. The van der Waals surface area contributed by atoms with E-state index in [1.54, 1.807) is 0 Å².